The van der Waals surface area contributed by atoms with E-state index in [2.05, 4.69) is 31.1 Å². The van der Waals surface area contributed by atoms with Gasteiger partial charge in [0.15, 0.2) is 0 Å². The van der Waals surface area contributed by atoms with Gasteiger partial charge in [0.25, 0.3) is 0 Å². The van der Waals surface area contributed by atoms with E-state index in [1.54, 1.807) is 6.20 Å². The number of nitrogens with one attached hydrogen (secondary N) is 1. The molecule has 19 heavy (non-hydrogen) atoms. The molecule has 0 amide bonds. The monoisotopic (exact) mass is 282 g/mol. The fraction of sp³-hybridized carbons (Fsp3) is 0.667. The first-order valence-corrected chi connectivity index (χ1v) is 7.34. The molecule has 2 heterocycles. The molecule has 106 valence electrons. The normalized spacial score (nSPS) is 20.8. The molecule has 1 aromatic rings. The largest absolute Gasteiger partial charge is 0.487 e. The number of nitrogens with zero attached hydrogens (tertiary/aromatic N) is 1. The Kier molecular flexibility index (Phi) is 4.36. The van der Waals surface area contributed by atoms with Crippen LogP contribution in [0.2, 0.25) is 5.15 Å². The zero-order valence-electron chi connectivity index (χ0n) is 12.2. The quantitative estimate of drug-likeness (QED) is 0.838. The van der Waals surface area contributed by atoms with Crippen LogP contribution in [0.25, 0.3) is 0 Å². The van der Waals surface area contributed by atoms with Gasteiger partial charge >= 0.3 is 0 Å². The van der Waals surface area contributed by atoms with Crippen molar-refractivity contribution in [2.45, 2.75) is 52.7 Å². The summed E-state index contributed by atoms with van der Waals surface area (Å²) in [5.74, 6) is 0.808. The van der Waals surface area contributed by atoms with Gasteiger partial charge in [-0.05, 0) is 37.9 Å². The molecule has 1 fully saturated rings. The van der Waals surface area contributed by atoms with E-state index in [9.17, 15) is 0 Å². The highest BCUT2D eigenvalue weighted by molar-refractivity contribution is 6.30. The second-order valence-electron chi connectivity index (χ2n) is 6.01. The lowest BCUT2D eigenvalue weighted by atomic mass is 9.77. The van der Waals surface area contributed by atoms with Gasteiger partial charge in [0.1, 0.15) is 17.0 Å². The molecule has 1 aromatic heterocycles. The second kappa shape index (κ2) is 5.68. The Morgan fingerprint density at radius 2 is 2.26 bits per heavy atom. The van der Waals surface area contributed by atoms with Crippen molar-refractivity contribution in [2.75, 3.05) is 6.54 Å². The molecular formula is C15H23ClN2O. The van der Waals surface area contributed by atoms with Gasteiger partial charge in [0.2, 0.25) is 0 Å². The summed E-state index contributed by atoms with van der Waals surface area (Å²) >= 11 is 5.96. The molecule has 3 nitrogen and oxygen atoms in total. The van der Waals surface area contributed by atoms with Gasteiger partial charge in [-0.1, -0.05) is 32.4 Å². The number of rotatable bonds is 5. The number of hydrogen-bond donors (Lipinski definition) is 1. The van der Waals surface area contributed by atoms with Crippen molar-refractivity contribution in [2.24, 2.45) is 5.41 Å². The van der Waals surface area contributed by atoms with Crippen molar-refractivity contribution in [3.8, 4) is 5.75 Å². The minimum absolute atomic E-state index is 0.131. The van der Waals surface area contributed by atoms with E-state index in [1.807, 2.05) is 13.0 Å². The summed E-state index contributed by atoms with van der Waals surface area (Å²) in [4.78, 5) is 4.16. The third-order valence-corrected chi connectivity index (χ3v) is 4.56. The van der Waals surface area contributed by atoms with Crippen LogP contribution in [-0.4, -0.2) is 23.7 Å². The highest BCUT2D eigenvalue weighted by Crippen LogP contribution is 2.33. The molecule has 1 unspecified atom stereocenters. The number of aryl methyl sites for hydroxylation is 1. The van der Waals surface area contributed by atoms with Crippen molar-refractivity contribution in [1.29, 1.82) is 0 Å². The first-order valence-electron chi connectivity index (χ1n) is 6.96. The molecule has 2 atom stereocenters. The van der Waals surface area contributed by atoms with Crippen molar-refractivity contribution < 1.29 is 4.74 Å². The number of halogens is 1. The SMILES string of the molecule is CCC(C)(C)C(Oc1cnc(Cl)c(C)c1)[C@@H]1CCN1. The number of ether oxygens (including phenoxy) is 1. The van der Waals surface area contributed by atoms with Gasteiger partial charge in [-0.3, -0.25) is 0 Å². The summed E-state index contributed by atoms with van der Waals surface area (Å²) in [7, 11) is 0. The van der Waals surface area contributed by atoms with Crippen LogP contribution in [0, 0.1) is 12.3 Å². The summed E-state index contributed by atoms with van der Waals surface area (Å²) in [5, 5.41) is 4.00. The average Bonchev–Trinajstić information content (AvgIpc) is 2.30. The van der Waals surface area contributed by atoms with Crippen LogP contribution in [-0.2, 0) is 0 Å². The number of aromatic nitrogens is 1. The van der Waals surface area contributed by atoms with Crippen LogP contribution in [0.5, 0.6) is 5.75 Å². The van der Waals surface area contributed by atoms with E-state index < -0.39 is 0 Å². The summed E-state index contributed by atoms with van der Waals surface area (Å²) < 4.78 is 6.23. The van der Waals surface area contributed by atoms with Crippen LogP contribution in [0.4, 0.5) is 0 Å². The smallest absolute Gasteiger partial charge is 0.138 e. The van der Waals surface area contributed by atoms with Gasteiger partial charge in [-0.2, -0.15) is 0 Å². The molecule has 0 aromatic carbocycles. The highest BCUT2D eigenvalue weighted by Gasteiger charge is 2.39. The Hall–Kier alpha value is -0.800. The van der Waals surface area contributed by atoms with Crippen molar-refractivity contribution in [3.63, 3.8) is 0 Å². The van der Waals surface area contributed by atoms with E-state index in [4.69, 9.17) is 16.3 Å². The summed E-state index contributed by atoms with van der Waals surface area (Å²) in [6.07, 6.45) is 4.13. The molecule has 1 N–H and O–H groups in total. The Morgan fingerprint density at radius 3 is 2.74 bits per heavy atom. The summed E-state index contributed by atoms with van der Waals surface area (Å²) in [5.41, 5.74) is 1.08. The lowest BCUT2D eigenvalue weighted by molar-refractivity contribution is 0.0161. The molecule has 4 heteroatoms. The number of pyridine rings is 1. The summed E-state index contributed by atoms with van der Waals surface area (Å²) in [6, 6.07) is 2.40. The Balaban J connectivity index is 2.17. The molecule has 1 aliphatic rings. The fourth-order valence-corrected chi connectivity index (χ4v) is 2.40. The lowest BCUT2D eigenvalue weighted by Gasteiger charge is -2.43. The lowest BCUT2D eigenvalue weighted by Crippen LogP contribution is -2.57. The standard InChI is InChI=1S/C15H23ClN2O/c1-5-15(3,4)13(12-6-7-17-12)19-11-8-10(2)14(16)18-9-11/h8-9,12-13,17H,5-7H2,1-4H3/t12-,13?/m0/s1. The fourth-order valence-electron chi connectivity index (χ4n) is 2.30. The van der Waals surface area contributed by atoms with Crippen LogP contribution < -0.4 is 10.1 Å². The van der Waals surface area contributed by atoms with Crippen LogP contribution in [0.3, 0.4) is 0 Å². The Bertz CT molecular complexity index is 444. The average molecular weight is 283 g/mol. The van der Waals surface area contributed by atoms with Gasteiger partial charge in [0.05, 0.1) is 6.20 Å². The van der Waals surface area contributed by atoms with Crippen LogP contribution >= 0.6 is 11.6 Å². The highest BCUT2D eigenvalue weighted by atomic mass is 35.5. The van der Waals surface area contributed by atoms with E-state index in [1.165, 1.54) is 6.42 Å². The van der Waals surface area contributed by atoms with Gasteiger partial charge in [-0.25, -0.2) is 4.98 Å². The second-order valence-corrected chi connectivity index (χ2v) is 6.37. The zero-order valence-corrected chi connectivity index (χ0v) is 12.9. The molecule has 1 aliphatic heterocycles. The van der Waals surface area contributed by atoms with E-state index in [0.29, 0.717) is 11.2 Å². The molecule has 1 saturated heterocycles. The maximum atomic E-state index is 6.23. The van der Waals surface area contributed by atoms with Crippen LogP contribution in [0.1, 0.15) is 39.2 Å². The third-order valence-electron chi connectivity index (χ3n) is 4.16. The van der Waals surface area contributed by atoms with E-state index in [-0.39, 0.29) is 11.5 Å². The predicted molar refractivity (Wildman–Crippen MR) is 78.9 cm³/mol. The molecule has 0 bridgehead atoms. The molecule has 0 radical (unpaired) electrons. The first kappa shape index (κ1) is 14.6. The van der Waals surface area contributed by atoms with Crippen molar-refractivity contribution >= 4 is 11.6 Å². The minimum atomic E-state index is 0.131. The minimum Gasteiger partial charge on any atom is -0.487 e. The number of hydrogen-bond acceptors (Lipinski definition) is 3. The molecule has 2 rings (SSSR count). The van der Waals surface area contributed by atoms with Gasteiger partial charge in [0, 0.05) is 11.5 Å². The maximum Gasteiger partial charge on any atom is 0.138 e. The topological polar surface area (TPSA) is 34.1 Å². The predicted octanol–water partition coefficient (Wildman–Crippen LogP) is 3.59. The Labute approximate surface area is 120 Å². The molecule has 0 aliphatic carbocycles. The van der Waals surface area contributed by atoms with Crippen LogP contribution in [0.15, 0.2) is 12.3 Å². The first-order chi connectivity index (χ1) is 8.94. The Morgan fingerprint density at radius 1 is 1.58 bits per heavy atom. The van der Waals surface area contributed by atoms with Gasteiger partial charge in [-0.15, -0.1) is 0 Å². The van der Waals surface area contributed by atoms with E-state index >= 15 is 0 Å². The maximum absolute atomic E-state index is 6.23. The molecule has 0 saturated carbocycles. The molecular weight excluding hydrogens is 260 g/mol. The van der Waals surface area contributed by atoms with E-state index in [0.717, 1.165) is 24.3 Å². The third kappa shape index (κ3) is 3.21. The summed E-state index contributed by atoms with van der Waals surface area (Å²) in [6.45, 7) is 9.76. The zero-order chi connectivity index (χ0) is 14.0. The van der Waals surface area contributed by atoms with Crippen molar-refractivity contribution in [1.82, 2.24) is 10.3 Å². The van der Waals surface area contributed by atoms with Gasteiger partial charge < -0.3 is 10.1 Å². The van der Waals surface area contributed by atoms with Crippen molar-refractivity contribution in [3.05, 3.63) is 23.0 Å². The molecule has 0 spiro atoms.